The Labute approximate surface area is 103 Å². The Morgan fingerprint density at radius 3 is 2.18 bits per heavy atom. The van der Waals surface area contributed by atoms with E-state index in [4.69, 9.17) is 0 Å². The molecule has 0 radical (unpaired) electrons. The molecule has 1 nitrogen and oxygen atoms in total. The molecule has 0 bridgehead atoms. The third-order valence-corrected chi connectivity index (χ3v) is 3.04. The van der Waals surface area contributed by atoms with Crippen LogP contribution in [0.5, 0.6) is 0 Å². The summed E-state index contributed by atoms with van der Waals surface area (Å²) in [5.41, 5.74) is 2.46. The number of hydrogen-bond donors (Lipinski definition) is 1. The average Bonchev–Trinajstić information content (AvgIpc) is 2.13. The van der Waals surface area contributed by atoms with Crippen LogP contribution in [0.1, 0.15) is 39.7 Å². The summed E-state index contributed by atoms with van der Waals surface area (Å²) in [4.78, 5) is 0. The van der Waals surface area contributed by atoms with Crippen LogP contribution in [0.25, 0.3) is 5.57 Å². The first-order valence-electron chi connectivity index (χ1n) is 6.04. The van der Waals surface area contributed by atoms with Crippen molar-refractivity contribution in [1.82, 2.24) is 5.32 Å². The predicted molar refractivity (Wildman–Crippen MR) is 70.3 cm³/mol. The minimum Gasteiger partial charge on any atom is -0.303 e. The lowest BCUT2D eigenvalue weighted by molar-refractivity contribution is 0.297. The van der Waals surface area contributed by atoms with Crippen LogP contribution in [0.15, 0.2) is 30.3 Å². The molecule has 1 aromatic rings. The van der Waals surface area contributed by atoms with E-state index < -0.39 is 0 Å². The molecule has 0 saturated carbocycles. The van der Waals surface area contributed by atoms with Crippen LogP contribution >= 0.6 is 0 Å². The van der Waals surface area contributed by atoms with Gasteiger partial charge in [-0.3, -0.25) is 0 Å². The van der Waals surface area contributed by atoms with E-state index in [-0.39, 0.29) is 16.9 Å². The molecule has 0 atom stereocenters. The van der Waals surface area contributed by atoms with Crippen LogP contribution in [-0.2, 0) is 0 Å². The molecule has 0 unspecified atom stereocenters. The number of nitrogens with one attached hydrogen (secondary N) is 1. The van der Waals surface area contributed by atoms with Gasteiger partial charge in [0.05, 0.1) is 0 Å². The van der Waals surface area contributed by atoms with Gasteiger partial charge in [0.15, 0.2) is 0 Å². The van der Waals surface area contributed by atoms with Gasteiger partial charge in [0, 0.05) is 11.1 Å². The minimum atomic E-state index is -0.179. The van der Waals surface area contributed by atoms with Crippen LogP contribution in [0.2, 0.25) is 0 Å². The summed E-state index contributed by atoms with van der Waals surface area (Å²) in [6.45, 7) is 8.73. The predicted octanol–water partition coefficient (Wildman–Crippen LogP) is 3.76. The molecule has 1 N–H and O–H groups in total. The average molecular weight is 233 g/mol. The Bertz CT molecular complexity index is 440. The lowest BCUT2D eigenvalue weighted by atomic mass is 9.81. The molecule has 2 heteroatoms. The van der Waals surface area contributed by atoms with Crippen molar-refractivity contribution in [3.8, 4) is 0 Å². The second kappa shape index (κ2) is 3.95. The summed E-state index contributed by atoms with van der Waals surface area (Å²) >= 11 is 0. The van der Waals surface area contributed by atoms with Crippen molar-refractivity contribution in [3.63, 3.8) is 0 Å². The van der Waals surface area contributed by atoms with Crippen LogP contribution in [-0.4, -0.2) is 11.1 Å². The van der Waals surface area contributed by atoms with E-state index in [1.165, 1.54) is 17.7 Å². The summed E-state index contributed by atoms with van der Waals surface area (Å²) < 4.78 is 12.9. The molecule has 0 aromatic heterocycles. The maximum absolute atomic E-state index is 12.9. The Kier molecular flexibility index (Phi) is 2.86. The molecule has 0 spiro atoms. The van der Waals surface area contributed by atoms with Gasteiger partial charge in [-0.2, -0.15) is 0 Å². The first-order valence-corrected chi connectivity index (χ1v) is 6.04. The van der Waals surface area contributed by atoms with E-state index in [0.717, 1.165) is 12.0 Å². The van der Waals surface area contributed by atoms with Crippen molar-refractivity contribution >= 4 is 5.57 Å². The fourth-order valence-corrected chi connectivity index (χ4v) is 2.76. The fourth-order valence-electron chi connectivity index (χ4n) is 2.76. The van der Waals surface area contributed by atoms with Crippen LogP contribution < -0.4 is 5.32 Å². The summed E-state index contributed by atoms with van der Waals surface area (Å²) in [6, 6.07) is 6.77. The molecule has 1 heterocycles. The SMILES string of the molecule is CC1(C)C=C(c2ccc(F)cc2)CC(C)(C)N1. The van der Waals surface area contributed by atoms with Crippen molar-refractivity contribution in [2.45, 2.75) is 45.2 Å². The number of rotatable bonds is 1. The molecular formula is C15H20FN. The maximum atomic E-state index is 12.9. The highest BCUT2D eigenvalue weighted by Gasteiger charge is 2.32. The van der Waals surface area contributed by atoms with E-state index in [0.29, 0.717) is 0 Å². The smallest absolute Gasteiger partial charge is 0.123 e. The largest absolute Gasteiger partial charge is 0.303 e. The van der Waals surface area contributed by atoms with E-state index in [2.05, 4.69) is 39.1 Å². The molecule has 1 aromatic carbocycles. The van der Waals surface area contributed by atoms with Gasteiger partial charge < -0.3 is 5.32 Å². The molecule has 17 heavy (non-hydrogen) atoms. The Morgan fingerprint density at radius 1 is 1.06 bits per heavy atom. The van der Waals surface area contributed by atoms with E-state index in [1.807, 2.05) is 12.1 Å². The van der Waals surface area contributed by atoms with Crippen LogP contribution in [0.3, 0.4) is 0 Å². The highest BCUT2D eigenvalue weighted by Crippen LogP contribution is 2.33. The third-order valence-electron chi connectivity index (χ3n) is 3.04. The van der Waals surface area contributed by atoms with E-state index in [1.54, 1.807) is 0 Å². The molecule has 0 fully saturated rings. The first kappa shape index (κ1) is 12.3. The van der Waals surface area contributed by atoms with Crippen LogP contribution in [0, 0.1) is 5.82 Å². The van der Waals surface area contributed by atoms with E-state index in [9.17, 15) is 4.39 Å². The number of halogens is 1. The normalized spacial score (nSPS) is 22.1. The van der Waals surface area contributed by atoms with Crippen LogP contribution in [0.4, 0.5) is 4.39 Å². The Balaban J connectivity index is 2.38. The highest BCUT2D eigenvalue weighted by atomic mass is 19.1. The zero-order valence-corrected chi connectivity index (χ0v) is 11.0. The lowest BCUT2D eigenvalue weighted by Crippen LogP contribution is -2.53. The molecule has 1 aliphatic heterocycles. The van der Waals surface area contributed by atoms with Gasteiger partial charge in [-0.1, -0.05) is 18.2 Å². The summed E-state index contributed by atoms with van der Waals surface area (Å²) in [5.74, 6) is -0.179. The molecular weight excluding hydrogens is 213 g/mol. The lowest BCUT2D eigenvalue weighted by Gasteiger charge is -2.41. The van der Waals surface area contributed by atoms with Crippen molar-refractivity contribution in [1.29, 1.82) is 0 Å². The summed E-state index contributed by atoms with van der Waals surface area (Å²) in [5, 5.41) is 3.59. The quantitative estimate of drug-likeness (QED) is 0.778. The number of benzene rings is 1. The second-order valence-corrected chi connectivity index (χ2v) is 6.08. The van der Waals surface area contributed by atoms with E-state index >= 15 is 0 Å². The molecule has 0 amide bonds. The van der Waals surface area contributed by atoms with Gasteiger partial charge in [0.2, 0.25) is 0 Å². The molecule has 0 saturated heterocycles. The Hall–Kier alpha value is -1.15. The van der Waals surface area contributed by atoms with Crippen molar-refractivity contribution in [2.24, 2.45) is 0 Å². The van der Waals surface area contributed by atoms with Gasteiger partial charge in [0.25, 0.3) is 0 Å². The topological polar surface area (TPSA) is 12.0 Å². The van der Waals surface area contributed by atoms with Crippen molar-refractivity contribution < 1.29 is 4.39 Å². The number of hydrogen-bond acceptors (Lipinski definition) is 1. The first-order chi connectivity index (χ1) is 7.77. The molecule has 92 valence electrons. The summed E-state index contributed by atoms with van der Waals surface area (Å²) in [7, 11) is 0. The highest BCUT2D eigenvalue weighted by molar-refractivity contribution is 5.68. The van der Waals surface area contributed by atoms with Gasteiger partial charge in [-0.05, 0) is 57.4 Å². The second-order valence-electron chi connectivity index (χ2n) is 6.08. The molecule has 2 rings (SSSR count). The zero-order chi connectivity index (χ0) is 12.7. The monoisotopic (exact) mass is 233 g/mol. The van der Waals surface area contributed by atoms with Gasteiger partial charge in [-0.15, -0.1) is 0 Å². The maximum Gasteiger partial charge on any atom is 0.123 e. The fraction of sp³-hybridized carbons (Fsp3) is 0.467. The summed E-state index contributed by atoms with van der Waals surface area (Å²) in [6.07, 6.45) is 3.20. The zero-order valence-electron chi connectivity index (χ0n) is 11.0. The molecule has 0 aliphatic carbocycles. The minimum absolute atomic E-state index is 0.0224. The van der Waals surface area contributed by atoms with Crippen molar-refractivity contribution in [2.75, 3.05) is 0 Å². The van der Waals surface area contributed by atoms with Gasteiger partial charge in [-0.25, -0.2) is 4.39 Å². The third kappa shape index (κ3) is 2.95. The van der Waals surface area contributed by atoms with Gasteiger partial charge >= 0.3 is 0 Å². The Morgan fingerprint density at radius 2 is 1.65 bits per heavy atom. The molecule has 1 aliphatic rings. The standard InChI is InChI=1S/C15H20FN/c1-14(2)9-12(10-15(3,4)17-14)11-5-7-13(16)8-6-11/h5-9,17H,10H2,1-4H3. The van der Waals surface area contributed by atoms with Gasteiger partial charge in [0.1, 0.15) is 5.82 Å². The van der Waals surface area contributed by atoms with Crippen molar-refractivity contribution in [3.05, 3.63) is 41.7 Å².